The maximum atomic E-state index is 13.6. The lowest BCUT2D eigenvalue weighted by Crippen LogP contribution is -2.25. The Morgan fingerprint density at radius 1 is 1.11 bits per heavy atom. The van der Waals surface area contributed by atoms with E-state index >= 15 is 0 Å². The lowest BCUT2D eigenvalue weighted by Gasteiger charge is -2.24. The number of carbonyl (C=O) groups excluding carboxylic acids is 1. The Balaban J connectivity index is 1.38. The van der Waals surface area contributed by atoms with E-state index in [0.717, 1.165) is 16.8 Å². The summed E-state index contributed by atoms with van der Waals surface area (Å²) in [6, 6.07) is 3.32. The van der Waals surface area contributed by atoms with Crippen molar-refractivity contribution in [2.45, 2.75) is 24.7 Å². The molecule has 1 amide bonds. The molecule has 0 aliphatic heterocycles. The molecule has 0 spiro atoms. The number of carbonyl (C=O) groups is 1. The van der Waals surface area contributed by atoms with E-state index in [1.165, 1.54) is 23.4 Å². The number of nitrogens with one attached hydrogen (secondary N) is 1. The number of halogens is 2. The highest BCUT2D eigenvalue weighted by atomic mass is 35.5. The second-order valence-corrected chi connectivity index (χ2v) is 9.42. The molecule has 0 aromatic carbocycles. The Morgan fingerprint density at radius 2 is 1.91 bits per heavy atom. The maximum Gasteiger partial charge on any atom is 0.232 e. The van der Waals surface area contributed by atoms with E-state index in [2.05, 4.69) is 42.6 Å². The molecule has 0 unspecified atom stereocenters. The molecule has 0 radical (unpaired) electrons. The molecule has 2 atom stereocenters. The van der Waals surface area contributed by atoms with E-state index < -0.39 is 11.3 Å². The second kappa shape index (κ2) is 7.85. The summed E-state index contributed by atoms with van der Waals surface area (Å²) in [6.07, 6.45) is 10.6. The predicted molar refractivity (Wildman–Crippen MR) is 128 cm³/mol. The van der Waals surface area contributed by atoms with Gasteiger partial charge in [-0.15, -0.1) is 4.80 Å². The average molecular weight is 509 g/mol. The van der Waals surface area contributed by atoms with Gasteiger partial charge in [-0.2, -0.15) is 20.4 Å². The average Bonchev–Trinajstić information content (AvgIpc) is 3.60. The molecule has 35 heavy (non-hydrogen) atoms. The summed E-state index contributed by atoms with van der Waals surface area (Å²) in [5.74, 6) is -0.338. The van der Waals surface area contributed by atoms with Crippen LogP contribution in [-0.2, 0) is 17.3 Å². The van der Waals surface area contributed by atoms with Crippen molar-refractivity contribution in [2.75, 3.05) is 5.32 Å². The maximum absolute atomic E-state index is 13.6. The van der Waals surface area contributed by atoms with Crippen molar-refractivity contribution in [1.82, 2.24) is 44.4 Å². The van der Waals surface area contributed by atoms with E-state index in [9.17, 15) is 4.79 Å². The first-order valence-corrected chi connectivity index (χ1v) is 11.5. The third kappa shape index (κ3) is 3.46. The number of rotatable bonds is 4. The molecule has 13 heteroatoms. The van der Waals surface area contributed by atoms with Crippen LogP contribution < -0.4 is 5.32 Å². The monoisotopic (exact) mass is 508 g/mol. The van der Waals surface area contributed by atoms with E-state index in [4.69, 9.17) is 23.2 Å². The Bertz CT molecular complexity index is 1590. The lowest BCUT2D eigenvalue weighted by atomic mass is 9.80. The molecule has 1 aliphatic carbocycles. The first-order chi connectivity index (χ1) is 16.8. The van der Waals surface area contributed by atoms with Crippen LogP contribution >= 0.6 is 23.2 Å². The summed E-state index contributed by atoms with van der Waals surface area (Å²) in [6.45, 7) is 2.08. The molecule has 0 bridgehead atoms. The molecule has 5 heterocycles. The molecule has 0 saturated heterocycles. The first-order valence-electron chi connectivity index (χ1n) is 10.7. The quantitative estimate of drug-likeness (QED) is 0.395. The normalized spacial score (nSPS) is 19.3. The third-order valence-electron chi connectivity index (χ3n) is 6.35. The molecular formula is C22H18Cl2N10O. The largest absolute Gasteiger partial charge is 0.324 e. The van der Waals surface area contributed by atoms with Gasteiger partial charge in [0.25, 0.3) is 0 Å². The number of aromatic nitrogens is 9. The van der Waals surface area contributed by atoms with Crippen LogP contribution in [0.15, 0.2) is 49.3 Å². The Morgan fingerprint density at radius 3 is 2.63 bits per heavy atom. The number of nitrogens with zero attached hydrogens (tertiary/aromatic N) is 9. The molecule has 11 nitrogen and oxygen atoms in total. The number of aryl methyl sites for hydroxylation is 1. The van der Waals surface area contributed by atoms with Crippen molar-refractivity contribution in [2.24, 2.45) is 7.05 Å². The van der Waals surface area contributed by atoms with Gasteiger partial charge in [0.15, 0.2) is 16.6 Å². The number of hydrogen-bond donors (Lipinski definition) is 1. The van der Waals surface area contributed by atoms with E-state index in [1.54, 1.807) is 27.5 Å². The Kier molecular flexibility index (Phi) is 4.87. The fourth-order valence-electron chi connectivity index (χ4n) is 4.74. The minimum Gasteiger partial charge on any atom is -0.324 e. The van der Waals surface area contributed by atoms with E-state index in [1.807, 2.05) is 19.4 Å². The predicted octanol–water partition coefficient (Wildman–Crippen LogP) is 3.18. The summed E-state index contributed by atoms with van der Waals surface area (Å²) in [7, 11) is 1.86. The van der Waals surface area contributed by atoms with Gasteiger partial charge in [0, 0.05) is 42.0 Å². The van der Waals surface area contributed by atoms with Gasteiger partial charge in [0.2, 0.25) is 5.91 Å². The van der Waals surface area contributed by atoms with Crippen LogP contribution in [0, 0.1) is 0 Å². The Hall–Kier alpha value is -3.83. The number of anilines is 1. The standard InChI is InChI=1S/C22H18Cl2N10O/c1-22(12-8-29-32(2)11-12)7-14(15-10-25-18-6-17(24)31-33(18)19(15)22)21(35)30-13-5-16(23)20(26-9-13)34-27-3-4-28-34/h3-6,8-11,14H,7H2,1-2H3,(H,30,35)/t14-,22-/m0/s1. The minimum atomic E-state index is -0.548. The lowest BCUT2D eigenvalue weighted by molar-refractivity contribution is -0.117. The summed E-state index contributed by atoms with van der Waals surface area (Å²) in [4.78, 5) is 23.7. The second-order valence-electron chi connectivity index (χ2n) is 8.63. The number of amides is 1. The van der Waals surface area contributed by atoms with E-state index in [0.29, 0.717) is 33.7 Å². The van der Waals surface area contributed by atoms with Crippen molar-refractivity contribution in [3.05, 3.63) is 76.3 Å². The van der Waals surface area contributed by atoms with Crippen LogP contribution in [0.3, 0.4) is 0 Å². The minimum absolute atomic E-state index is 0.207. The highest BCUT2D eigenvalue weighted by Crippen LogP contribution is 2.50. The number of hydrogen-bond acceptors (Lipinski definition) is 7. The summed E-state index contributed by atoms with van der Waals surface area (Å²) in [5.41, 5.74) is 3.13. The summed E-state index contributed by atoms with van der Waals surface area (Å²) >= 11 is 12.6. The number of pyridine rings is 1. The summed E-state index contributed by atoms with van der Waals surface area (Å²) in [5, 5.41) is 20.5. The SMILES string of the molecule is Cn1cc([C@]2(C)C[C@H](C(=O)Nc3cnc(-n4nccn4)c(Cl)c3)c3cnc4cc(Cl)nn4c32)cn1. The fraction of sp³-hybridized carbons (Fsp3) is 0.227. The molecule has 1 N–H and O–H groups in total. The van der Waals surface area contributed by atoms with Crippen LogP contribution in [0.2, 0.25) is 10.2 Å². The molecule has 1 aliphatic rings. The van der Waals surface area contributed by atoms with Gasteiger partial charge in [-0.1, -0.05) is 23.2 Å². The van der Waals surface area contributed by atoms with Gasteiger partial charge in [0.05, 0.1) is 47.1 Å². The van der Waals surface area contributed by atoms with Crippen molar-refractivity contribution in [3.63, 3.8) is 0 Å². The van der Waals surface area contributed by atoms with Crippen LogP contribution in [0.4, 0.5) is 5.69 Å². The van der Waals surface area contributed by atoms with Crippen molar-refractivity contribution >= 4 is 40.4 Å². The molecule has 0 saturated carbocycles. The zero-order chi connectivity index (χ0) is 24.3. The molecule has 6 rings (SSSR count). The zero-order valence-electron chi connectivity index (χ0n) is 18.6. The molecule has 0 fully saturated rings. The van der Waals surface area contributed by atoms with Crippen molar-refractivity contribution < 1.29 is 4.79 Å². The highest BCUT2D eigenvalue weighted by molar-refractivity contribution is 6.32. The summed E-state index contributed by atoms with van der Waals surface area (Å²) < 4.78 is 3.47. The molecular weight excluding hydrogens is 491 g/mol. The van der Waals surface area contributed by atoms with Crippen LogP contribution in [0.5, 0.6) is 0 Å². The van der Waals surface area contributed by atoms with Gasteiger partial charge < -0.3 is 5.32 Å². The zero-order valence-corrected chi connectivity index (χ0v) is 20.1. The third-order valence-corrected chi connectivity index (χ3v) is 6.81. The number of fused-ring (bicyclic) bond motifs is 3. The van der Waals surface area contributed by atoms with Gasteiger partial charge in [-0.05, 0) is 19.4 Å². The highest BCUT2D eigenvalue weighted by Gasteiger charge is 2.47. The van der Waals surface area contributed by atoms with E-state index in [-0.39, 0.29) is 5.91 Å². The van der Waals surface area contributed by atoms with Crippen LogP contribution in [-0.4, -0.2) is 50.3 Å². The fourth-order valence-corrected chi connectivity index (χ4v) is 5.15. The molecule has 5 aromatic heterocycles. The molecule has 176 valence electrons. The van der Waals surface area contributed by atoms with Gasteiger partial charge in [0.1, 0.15) is 0 Å². The van der Waals surface area contributed by atoms with Gasteiger partial charge in [-0.3, -0.25) is 9.48 Å². The van der Waals surface area contributed by atoms with Crippen molar-refractivity contribution in [3.8, 4) is 5.82 Å². The molecule has 5 aromatic rings. The first kappa shape index (κ1) is 21.7. The van der Waals surface area contributed by atoms with Crippen LogP contribution in [0.1, 0.15) is 36.1 Å². The van der Waals surface area contributed by atoms with Gasteiger partial charge in [-0.25, -0.2) is 14.5 Å². The topological polar surface area (TPSA) is 121 Å². The van der Waals surface area contributed by atoms with Crippen molar-refractivity contribution in [1.29, 1.82) is 0 Å². The van der Waals surface area contributed by atoms with Gasteiger partial charge >= 0.3 is 0 Å². The smallest absolute Gasteiger partial charge is 0.232 e. The Labute approximate surface area is 208 Å². The van der Waals surface area contributed by atoms with Crippen LogP contribution in [0.25, 0.3) is 11.5 Å².